The van der Waals surface area contributed by atoms with Crippen LogP contribution in [0.3, 0.4) is 0 Å². The summed E-state index contributed by atoms with van der Waals surface area (Å²) in [5, 5.41) is 2.55. The molecule has 2 aromatic carbocycles. The van der Waals surface area contributed by atoms with Crippen LogP contribution in [0.1, 0.15) is 86.4 Å². The highest BCUT2D eigenvalue weighted by molar-refractivity contribution is 6.00. The fraction of sp³-hybridized carbons (Fsp3) is 0.535. The number of ketones is 2. The molecule has 0 aromatic heterocycles. The number of benzene rings is 2. The van der Waals surface area contributed by atoms with Crippen molar-refractivity contribution in [3.63, 3.8) is 0 Å². The van der Waals surface area contributed by atoms with Crippen molar-refractivity contribution in [3.8, 4) is 11.1 Å². The van der Waals surface area contributed by atoms with Gasteiger partial charge in [0.2, 0.25) is 11.8 Å². The highest BCUT2D eigenvalue weighted by Crippen LogP contribution is 2.33. The van der Waals surface area contributed by atoms with Gasteiger partial charge in [-0.25, -0.2) is 14.4 Å². The molecule has 0 saturated carbocycles. The Morgan fingerprint density at radius 3 is 1.88 bits per heavy atom. The van der Waals surface area contributed by atoms with Crippen molar-refractivity contribution < 1.29 is 57.3 Å². The number of carbonyl (C=O) groups is 8. The number of carbonyl (C=O) groups excluding carboxylic acids is 8. The normalized spacial score (nSPS) is 22.0. The van der Waals surface area contributed by atoms with Crippen molar-refractivity contribution in [2.24, 2.45) is 11.8 Å². The van der Waals surface area contributed by atoms with E-state index in [9.17, 15) is 38.4 Å². The van der Waals surface area contributed by atoms with Crippen LogP contribution in [0.4, 0.5) is 9.59 Å². The van der Waals surface area contributed by atoms with Gasteiger partial charge in [-0.05, 0) is 68.9 Å². The average molecular weight is 819 g/mol. The monoisotopic (exact) mass is 818 g/mol. The van der Waals surface area contributed by atoms with Crippen LogP contribution in [0, 0.1) is 11.8 Å². The van der Waals surface area contributed by atoms with E-state index in [1.807, 2.05) is 13.8 Å². The minimum Gasteiger partial charge on any atom is -0.457 e. The second-order valence-electron chi connectivity index (χ2n) is 15.6. The Balaban J connectivity index is 1.11. The molecule has 3 aliphatic rings. The molecule has 59 heavy (non-hydrogen) atoms. The number of esters is 2. The van der Waals surface area contributed by atoms with Crippen molar-refractivity contribution in [1.82, 2.24) is 20.0 Å². The lowest BCUT2D eigenvalue weighted by Crippen LogP contribution is -2.57. The van der Waals surface area contributed by atoms with Crippen LogP contribution in [0.2, 0.25) is 0 Å². The van der Waals surface area contributed by atoms with E-state index in [1.54, 1.807) is 60.4 Å². The lowest BCUT2D eigenvalue weighted by Gasteiger charge is -2.42. The highest BCUT2D eigenvalue weighted by Gasteiger charge is 2.46. The zero-order valence-corrected chi connectivity index (χ0v) is 34.5. The van der Waals surface area contributed by atoms with E-state index in [0.29, 0.717) is 62.6 Å². The van der Waals surface area contributed by atoms with Gasteiger partial charge in [0.1, 0.15) is 18.1 Å². The van der Waals surface area contributed by atoms with Gasteiger partial charge in [0.15, 0.2) is 24.8 Å². The van der Waals surface area contributed by atoms with E-state index < -0.39 is 79.0 Å². The first kappa shape index (κ1) is 44.3. The molecule has 3 heterocycles. The molecule has 16 heteroatoms. The van der Waals surface area contributed by atoms with E-state index in [0.717, 1.165) is 11.1 Å². The number of amides is 4. The van der Waals surface area contributed by atoms with Gasteiger partial charge in [-0.15, -0.1) is 0 Å². The number of nitrogens with zero attached hydrogens (tertiary/aromatic N) is 3. The Morgan fingerprint density at radius 2 is 1.34 bits per heavy atom. The summed E-state index contributed by atoms with van der Waals surface area (Å²) in [4.78, 5) is 108. The van der Waals surface area contributed by atoms with Crippen LogP contribution in [-0.2, 0) is 38.1 Å². The van der Waals surface area contributed by atoms with Gasteiger partial charge in [-0.2, -0.15) is 0 Å². The first-order valence-electron chi connectivity index (χ1n) is 20.0. The molecule has 318 valence electrons. The Hall–Kier alpha value is -5.80. The quantitative estimate of drug-likeness (QED) is 0.170. The van der Waals surface area contributed by atoms with Crippen molar-refractivity contribution in [2.75, 3.05) is 41.0 Å². The molecule has 3 fully saturated rings. The summed E-state index contributed by atoms with van der Waals surface area (Å²) < 4.78 is 20.3. The maximum absolute atomic E-state index is 13.6. The van der Waals surface area contributed by atoms with Gasteiger partial charge in [0.25, 0.3) is 0 Å². The SMILES string of the molecule is COC(=O)NC1CCCC2CCC(C(=O)OCC(=O)c3ccc(-c4ccc(C(=O)COC(=O)C5CCCN(C(=O)C(C(C)C)N(C)C(=O)OC)C5C)cc4)cc3)N2C1=O. The number of fused-ring (bicyclic) bond motifs is 1. The maximum Gasteiger partial charge on any atom is 0.409 e. The number of likely N-dealkylation sites (N-methyl/N-ethyl adjacent to an activating group) is 1. The smallest absolute Gasteiger partial charge is 0.409 e. The van der Waals surface area contributed by atoms with Crippen LogP contribution in [0.25, 0.3) is 11.1 Å². The fourth-order valence-electron chi connectivity index (χ4n) is 8.36. The van der Waals surface area contributed by atoms with E-state index >= 15 is 0 Å². The van der Waals surface area contributed by atoms with E-state index in [1.165, 1.54) is 31.1 Å². The second-order valence-corrected chi connectivity index (χ2v) is 15.6. The van der Waals surface area contributed by atoms with Crippen LogP contribution in [0.15, 0.2) is 48.5 Å². The number of ether oxygens (including phenoxy) is 4. The number of Topliss-reactive ketones (excluding diaryl/α,β-unsaturated/α-hetero) is 2. The van der Waals surface area contributed by atoms with Crippen molar-refractivity contribution >= 4 is 47.5 Å². The molecule has 6 unspecified atom stereocenters. The third kappa shape index (κ3) is 10.3. The minimum atomic E-state index is -0.847. The molecule has 0 bridgehead atoms. The van der Waals surface area contributed by atoms with Crippen molar-refractivity contribution in [1.29, 1.82) is 0 Å². The van der Waals surface area contributed by atoms with Crippen LogP contribution in [-0.4, -0.2) is 133 Å². The molecule has 2 aromatic rings. The summed E-state index contributed by atoms with van der Waals surface area (Å²) in [6, 6.07) is 10.3. The molecule has 6 atom stereocenters. The standard InChI is InChI=1S/C43H54N4O12/c1-25(2)37(45(4)43(55)57-6)39(51)46-22-8-10-32(26(46)3)40(52)58-23-35(48)29-16-12-27(13-17-29)28-14-18-30(19-15-28)36(49)24-59-41(53)34-21-20-31-9-7-11-33(38(50)47(31)34)44-42(54)56-5/h12-19,25-26,31-34,37H,7-11,20-24H2,1-6H3,(H,44,54). The van der Waals surface area contributed by atoms with Gasteiger partial charge in [-0.3, -0.25) is 28.9 Å². The molecule has 0 aliphatic carbocycles. The minimum absolute atomic E-state index is 0.146. The summed E-state index contributed by atoms with van der Waals surface area (Å²) >= 11 is 0. The number of piperidine rings is 1. The predicted molar refractivity (Wildman–Crippen MR) is 212 cm³/mol. The van der Waals surface area contributed by atoms with E-state index in [4.69, 9.17) is 14.2 Å². The number of alkyl carbamates (subject to hydrolysis) is 1. The molecule has 3 aliphatic heterocycles. The first-order valence-corrected chi connectivity index (χ1v) is 20.0. The predicted octanol–water partition coefficient (Wildman–Crippen LogP) is 4.42. The number of hydrogen-bond donors (Lipinski definition) is 1. The Labute approximate surface area is 343 Å². The fourth-order valence-corrected chi connectivity index (χ4v) is 8.36. The molecule has 16 nitrogen and oxygen atoms in total. The second kappa shape index (κ2) is 19.8. The van der Waals surface area contributed by atoms with Gasteiger partial charge >= 0.3 is 24.1 Å². The maximum atomic E-state index is 13.6. The summed E-state index contributed by atoms with van der Waals surface area (Å²) in [7, 11) is 3.97. The first-order chi connectivity index (χ1) is 28.2. The summed E-state index contributed by atoms with van der Waals surface area (Å²) in [5.74, 6) is -3.56. The molecule has 1 N–H and O–H groups in total. The van der Waals surface area contributed by atoms with Crippen LogP contribution in [0.5, 0.6) is 0 Å². The lowest BCUT2D eigenvalue weighted by atomic mass is 9.88. The third-order valence-electron chi connectivity index (χ3n) is 11.6. The van der Waals surface area contributed by atoms with Gasteiger partial charge in [0.05, 0.1) is 20.1 Å². The average Bonchev–Trinajstić information content (AvgIpc) is 3.60. The molecule has 0 radical (unpaired) electrons. The number of nitrogens with one attached hydrogen (secondary N) is 1. The highest BCUT2D eigenvalue weighted by atomic mass is 16.6. The number of likely N-dealkylation sites (tertiary alicyclic amines) is 1. The number of methoxy groups -OCH3 is 2. The van der Waals surface area contributed by atoms with Gasteiger partial charge < -0.3 is 34.1 Å². The Bertz CT molecular complexity index is 1900. The van der Waals surface area contributed by atoms with Crippen molar-refractivity contribution in [3.05, 3.63) is 59.7 Å². The van der Waals surface area contributed by atoms with Crippen LogP contribution < -0.4 is 5.32 Å². The molecule has 0 spiro atoms. The largest absolute Gasteiger partial charge is 0.457 e. The molecular weight excluding hydrogens is 764 g/mol. The molecule has 3 saturated heterocycles. The topological polar surface area (TPSA) is 195 Å². The zero-order chi connectivity index (χ0) is 43.0. The van der Waals surface area contributed by atoms with Gasteiger partial charge in [-0.1, -0.05) is 62.4 Å². The summed E-state index contributed by atoms with van der Waals surface area (Å²) in [6.45, 7) is 4.89. The van der Waals surface area contributed by atoms with E-state index in [2.05, 4.69) is 10.1 Å². The molecule has 4 amide bonds. The third-order valence-corrected chi connectivity index (χ3v) is 11.6. The molecular formula is C43H54N4O12. The Kier molecular flexibility index (Phi) is 14.8. The van der Waals surface area contributed by atoms with Gasteiger partial charge in [0, 0.05) is 36.8 Å². The number of hydrogen-bond acceptors (Lipinski definition) is 12. The van der Waals surface area contributed by atoms with Crippen molar-refractivity contribution in [2.45, 2.75) is 95.9 Å². The van der Waals surface area contributed by atoms with Crippen LogP contribution >= 0.6 is 0 Å². The summed E-state index contributed by atoms with van der Waals surface area (Å²) in [5.41, 5.74) is 2.18. The van der Waals surface area contributed by atoms with E-state index in [-0.39, 0.29) is 23.8 Å². The molecule has 5 rings (SSSR count). The zero-order valence-electron chi connectivity index (χ0n) is 34.5. The Morgan fingerprint density at radius 1 is 0.763 bits per heavy atom. The number of rotatable bonds is 13. The summed E-state index contributed by atoms with van der Waals surface area (Å²) in [6.07, 6.45) is 2.54. The lowest BCUT2D eigenvalue weighted by molar-refractivity contribution is -0.155.